The van der Waals surface area contributed by atoms with Crippen LogP contribution in [0.15, 0.2) is 22.8 Å². The maximum atomic E-state index is 12.3. The average Bonchev–Trinajstić information content (AvgIpc) is 2.35. The fourth-order valence-corrected chi connectivity index (χ4v) is 3.10. The van der Waals surface area contributed by atoms with E-state index in [1.807, 2.05) is 47.6 Å². The summed E-state index contributed by atoms with van der Waals surface area (Å²) in [7, 11) is 0. The summed E-state index contributed by atoms with van der Waals surface area (Å²) in [6, 6.07) is 5.44. The van der Waals surface area contributed by atoms with Crippen LogP contribution in [0.3, 0.4) is 0 Å². The van der Waals surface area contributed by atoms with E-state index in [0.29, 0.717) is 10.3 Å². The van der Waals surface area contributed by atoms with E-state index in [0.717, 1.165) is 0 Å². The Morgan fingerprint density at radius 1 is 1.39 bits per heavy atom. The van der Waals surface area contributed by atoms with Crippen LogP contribution in [0.5, 0.6) is 0 Å². The molecule has 0 saturated heterocycles. The Labute approximate surface area is 150 Å². The third kappa shape index (κ3) is 6.79. The molecule has 1 N–H and O–H groups in total. The first-order valence-electron chi connectivity index (χ1n) is 7.46. The number of rotatable bonds is 6. The van der Waals surface area contributed by atoms with E-state index in [2.05, 4.69) is 25.6 Å². The van der Waals surface area contributed by atoms with Gasteiger partial charge in [-0.2, -0.15) is 0 Å². The van der Waals surface area contributed by atoms with Crippen molar-refractivity contribution in [2.24, 2.45) is 0 Å². The van der Waals surface area contributed by atoms with Crippen molar-refractivity contribution in [1.29, 1.82) is 0 Å². The average molecular weight is 405 g/mol. The highest BCUT2D eigenvalue weighted by molar-refractivity contribution is 9.10. The highest BCUT2D eigenvalue weighted by Crippen LogP contribution is 2.27. The van der Waals surface area contributed by atoms with E-state index in [-0.39, 0.29) is 17.6 Å². The van der Waals surface area contributed by atoms with Crippen molar-refractivity contribution < 1.29 is 14.1 Å². The summed E-state index contributed by atoms with van der Waals surface area (Å²) in [6.45, 7) is 11.0. The van der Waals surface area contributed by atoms with Crippen LogP contribution in [-0.4, -0.2) is 26.4 Å². The van der Waals surface area contributed by atoms with E-state index in [1.165, 1.54) is 0 Å². The molecule has 0 aliphatic rings. The van der Waals surface area contributed by atoms with Gasteiger partial charge in [-0.15, -0.1) is 4.72 Å². The molecule has 0 aliphatic heterocycles. The van der Waals surface area contributed by atoms with E-state index in [4.69, 9.17) is 4.74 Å². The van der Waals surface area contributed by atoms with Crippen LogP contribution in [0.2, 0.25) is 0 Å². The minimum atomic E-state index is -1.30. The Bertz CT molecular complexity index is 548. The lowest BCUT2D eigenvalue weighted by Gasteiger charge is -2.31. The molecule has 0 spiro atoms. The number of nitrogens with one attached hydrogen (secondary N) is 1. The van der Waals surface area contributed by atoms with Crippen LogP contribution in [0.4, 0.5) is 0 Å². The fourth-order valence-electron chi connectivity index (χ4n) is 1.90. The van der Waals surface area contributed by atoms with Gasteiger partial charge in [0.2, 0.25) is 0 Å². The maximum absolute atomic E-state index is 12.3. The molecule has 1 aromatic heterocycles. The van der Waals surface area contributed by atoms with Crippen molar-refractivity contribution in [3.63, 3.8) is 0 Å². The van der Waals surface area contributed by atoms with Crippen molar-refractivity contribution in [3.8, 4) is 0 Å². The van der Waals surface area contributed by atoms with Crippen LogP contribution in [0.1, 0.15) is 53.7 Å². The van der Waals surface area contributed by atoms with Crippen LogP contribution < -0.4 is 4.72 Å². The third-order valence-corrected chi connectivity index (χ3v) is 4.90. The zero-order valence-corrected chi connectivity index (χ0v) is 16.9. The lowest BCUT2D eigenvalue weighted by atomic mass is 9.94. The zero-order chi connectivity index (χ0) is 17.8. The highest BCUT2D eigenvalue weighted by Gasteiger charge is 2.38. The Hall–Kier alpha value is -0.630. The van der Waals surface area contributed by atoms with Crippen LogP contribution in [0, 0.1) is 0 Å². The van der Waals surface area contributed by atoms with E-state index < -0.39 is 22.5 Å². The first-order valence-corrected chi connectivity index (χ1v) is 9.47. The van der Waals surface area contributed by atoms with Gasteiger partial charge in [0.1, 0.15) is 21.0 Å². The predicted octanol–water partition coefficient (Wildman–Crippen LogP) is 3.45. The molecule has 0 bridgehead atoms. The Balaban J connectivity index is 3.08. The maximum Gasteiger partial charge on any atom is 0.308 e. The molecule has 0 unspecified atom stereocenters. The number of carbonyl (C=O) groups is 1. The summed E-state index contributed by atoms with van der Waals surface area (Å²) in [6.07, 6.45) is 0.0339. The quantitative estimate of drug-likeness (QED) is 0.446. The third-order valence-electron chi connectivity index (χ3n) is 2.95. The number of ether oxygens (including phenoxy) is 1. The van der Waals surface area contributed by atoms with Crippen molar-refractivity contribution in [2.75, 3.05) is 0 Å². The lowest BCUT2D eigenvalue weighted by Crippen LogP contribution is -2.48. The smallest absolute Gasteiger partial charge is 0.308 e. The molecular formula is C16H25BrN2O3S. The highest BCUT2D eigenvalue weighted by atomic mass is 79.9. The van der Waals surface area contributed by atoms with Crippen molar-refractivity contribution >= 4 is 33.3 Å². The molecular weight excluding hydrogens is 380 g/mol. The molecule has 5 nitrogen and oxygen atoms in total. The number of nitrogens with zero attached hydrogens (tertiary/aromatic N) is 1. The Morgan fingerprint density at radius 2 is 2.00 bits per heavy atom. The SMILES string of the molecule is CC(C)[S@@+]([O-])N[C@@](C)(CC(=O)OC(C)(C)C)c1cccc(Br)n1. The van der Waals surface area contributed by atoms with Gasteiger partial charge in [0.25, 0.3) is 0 Å². The van der Waals surface area contributed by atoms with Gasteiger partial charge in [-0.05, 0) is 69.6 Å². The van der Waals surface area contributed by atoms with Crippen LogP contribution >= 0.6 is 15.9 Å². The summed E-state index contributed by atoms with van der Waals surface area (Å²) < 4.78 is 21.4. The van der Waals surface area contributed by atoms with Gasteiger partial charge in [0.15, 0.2) is 0 Å². The predicted molar refractivity (Wildman–Crippen MR) is 96.2 cm³/mol. The number of esters is 1. The van der Waals surface area contributed by atoms with E-state index in [1.54, 1.807) is 12.1 Å². The second-order valence-corrected chi connectivity index (χ2v) is 9.44. The molecule has 0 saturated carbocycles. The minimum Gasteiger partial charge on any atom is -0.598 e. The van der Waals surface area contributed by atoms with Crippen molar-refractivity contribution in [3.05, 3.63) is 28.5 Å². The van der Waals surface area contributed by atoms with Gasteiger partial charge in [-0.3, -0.25) is 4.79 Å². The number of halogens is 1. The number of aromatic nitrogens is 1. The van der Waals surface area contributed by atoms with Crippen molar-refractivity contribution in [2.45, 2.75) is 64.4 Å². The van der Waals surface area contributed by atoms with Gasteiger partial charge >= 0.3 is 5.97 Å². The molecule has 0 fully saturated rings. The minimum absolute atomic E-state index is 0.0339. The largest absolute Gasteiger partial charge is 0.598 e. The van der Waals surface area contributed by atoms with Crippen LogP contribution in [0.25, 0.3) is 0 Å². The Kier molecular flexibility index (Phi) is 7.07. The molecule has 0 amide bonds. The summed E-state index contributed by atoms with van der Waals surface area (Å²) in [5.41, 5.74) is -0.826. The molecule has 130 valence electrons. The molecule has 1 rings (SSSR count). The molecule has 7 heteroatoms. The molecule has 0 aliphatic carbocycles. The topological polar surface area (TPSA) is 74.3 Å². The van der Waals surface area contributed by atoms with Gasteiger partial charge in [-0.25, -0.2) is 4.98 Å². The molecule has 0 aromatic carbocycles. The zero-order valence-electron chi connectivity index (χ0n) is 14.5. The number of hydrogen-bond acceptors (Lipinski definition) is 5. The number of hydrogen-bond donors (Lipinski definition) is 1. The molecule has 23 heavy (non-hydrogen) atoms. The first-order chi connectivity index (χ1) is 10.4. The normalized spacial score (nSPS) is 16.0. The Morgan fingerprint density at radius 3 is 2.48 bits per heavy atom. The number of carbonyl (C=O) groups excluding carboxylic acids is 1. The molecule has 1 heterocycles. The van der Waals surface area contributed by atoms with Gasteiger partial charge in [0, 0.05) is 11.4 Å². The molecule has 2 atom stereocenters. The molecule has 0 radical (unpaired) electrons. The standard InChI is InChI=1S/C16H25BrN2O3S/c1-11(2)23(21)19-16(6,10-14(20)22-15(3,4)5)12-8-7-9-13(17)18-12/h7-9,11,19H,10H2,1-6H3/t16-,23+/m0/s1. The first kappa shape index (κ1) is 20.4. The van der Waals surface area contributed by atoms with E-state index >= 15 is 0 Å². The summed E-state index contributed by atoms with van der Waals surface area (Å²) >= 11 is 2.03. The van der Waals surface area contributed by atoms with E-state index in [9.17, 15) is 9.35 Å². The summed E-state index contributed by atoms with van der Waals surface area (Å²) in [5, 5.41) is -0.0832. The lowest BCUT2D eigenvalue weighted by molar-refractivity contribution is -0.156. The second-order valence-electron chi connectivity index (χ2n) is 6.89. The second kappa shape index (κ2) is 7.96. The summed E-state index contributed by atoms with van der Waals surface area (Å²) in [5.74, 6) is -0.366. The van der Waals surface area contributed by atoms with Gasteiger partial charge in [-0.1, -0.05) is 6.07 Å². The van der Waals surface area contributed by atoms with Crippen molar-refractivity contribution in [1.82, 2.24) is 9.71 Å². The summed E-state index contributed by atoms with van der Waals surface area (Å²) in [4.78, 5) is 16.7. The van der Waals surface area contributed by atoms with Gasteiger partial charge in [0.05, 0.1) is 12.1 Å². The molecule has 1 aromatic rings. The van der Waals surface area contributed by atoms with Crippen LogP contribution in [-0.2, 0) is 26.4 Å². The number of pyridine rings is 1. The fraction of sp³-hybridized carbons (Fsp3) is 0.625. The van der Waals surface area contributed by atoms with Gasteiger partial charge < -0.3 is 9.29 Å². The monoisotopic (exact) mass is 404 g/mol.